The monoisotopic (exact) mass is 233 g/mol. The molecule has 0 aliphatic heterocycles. The molecule has 17 heavy (non-hydrogen) atoms. The normalized spacial score (nSPS) is 10.8. The Labute approximate surface area is 99.6 Å². The van der Waals surface area contributed by atoms with Crippen LogP contribution in [-0.2, 0) is 6.54 Å². The van der Waals surface area contributed by atoms with Crippen molar-refractivity contribution in [2.45, 2.75) is 26.5 Å². The number of nitrogens with two attached hydrogens (primary N) is 1. The van der Waals surface area contributed by atoms with Gasteiger partial charge in [-0.3, -0.25) is 0 Å². The minimum Gasteiger partial charge on any atom is -0.491 e. The Balaban J connectivity index is 2.26. The molecule has 2 rings (SSSR count). The third-order valence-corrected chi connectivity index (χ3v) is 2.11. The molecular formula is C12H15N3O2. The van der Waals surface area contributed by atoms with E-state index in [1.54, 1.807) is 0 Å². The molecule has 0 saturated carbocycles. The maximum atomic E-state index is 5.60. The first-order chi connectivity index (χ1) is 8.19. The van der Waals surface area contributed by atoms with Gasteiger partial charge < -0.3 is 15.0 Å². The van der Waals surface area contributed by atoms with Gasteiger partial charge in [-0.2, -0.15) is 4.98 Å². The SMILES string of the molecule is CC(C)Oc1cccc(-c2noc(CN)n2)c1. The van der Waals surface area contributed by atoms with Crippen molar-refractivity contribution in [2.24, 2.45) is 5.73 Å². The Morgan fingerprint density at radius 3 is 2.88 bits per heavy atom. The molecule has 0 atom stereocenters. The fourth-order valence-electron chi connectivity index (χ4n) is 1.44. The molecule has 0 unspecified atom stereocenters. The minimum absolute atomic E-state index is 0.134. The molecule has 0 saturated heterocycles. The molecule has 1 heterocycles. The summed E-state index contributed by atoms with van der Waals surface area (Å²) in [6, 6.07) is 7.57. The molecule has 0 aliphatic carbocycles. The highest BCUT2D eigenvalue weighted by molar-refractivity contribution is 5.56. The lowest BCUT2D eigenvalue weighted by atomic mass is 10.2. The van der Waals surface area contributed by atoms with Crippen LogP contribution < -0.4 is 10.5 Å². The summed E-state index contributed by atoms with van der Waals surface area (Å²) in [6.07, 6.45) is 0.134. The van der Waals surface area contributed by atoms with E-state index in [1.807, 2.05) is 38.1 Å². The summed E-state index contributed by atoms with van der Waals surface area (Å²) in [4.78, 5) is 4.16. The van der Waals surface area contributed by atoms with E-state index in [0.717, 1.165) is 11.3 Å². The van der Waals surface area contributed by atoms with Crippen molar-refractivity contribution in [3.05, 3.63) is 30.2 Å². The molecule has 1 aromatic heterocycles. The van der Waals surface area contributed by atoms with Crippen LogP contribution in [0.5, 0.6) is 5.75 Å². The van der Waals surface area contributed by atoms with Crippen LogP contribution in [0.25, 0.3) is 11.4 Å². The van der Waals surface area contributed by atoms with E-state index in [0.29, 0.717) is 11.7 Å². The number of aromatic nitrogens is 2. The van der Waals surface area contributed by atoms with Gasteiger partial charge in [0.1, 0.15) is 5.75 Å². The van der Waals surface area contributed by atoms with Gasteiger partial charge in [0, 0.05) is 5.56 Å². The van der Waals surface area contributed by atoms with Crippen molar-refractivity contribution in [1.29, 1.82) is 0 Å². The maximum absolute atomic E-state index is 5.60. The predicted molar refractivity (Wildman–Crippen MR) is 63.4 cm³/mol. The standard InChI is InChI=1S/C12H15N3O2/c1-8(2)16-10-5-3-4-9(6-10)12-14-11(7-13)17-15-12/h3-6,8H,7,13H2,1-2H3. The number of rotatable bonds is 4. The highest BCUT2D eigenvalue weighted by Gasteiger charge is 2.08. The molecule has 90 valence electrons. The van der Waals surface area contributed by atoms with E-state index < -0.39 is 0 Å². The molecule has 0 spiro atoms. The summed E-state index contributed by atoms with van der Waals surface area (Å²) in [6.45, 7) is 4.20. The van der Waals surface area contributed by atoms with Crippen molar-refractivity contribution < 1.29 is 9.26 Å². The van der Waals surface area contributed by atoms with E-state index in [9.17, 15) is 0 Å². The van der Waals surface area contributed by atoms with Crippen LogP contribution in [0.3, 0.4) is 0 Å². The minimum atomic E-state index is 0.134. The highest BCUT2D eigenvalue weighted by Crippen LogP contribution is 2.22. The van der Waals surface area contributed by atoms with Crippen molar-refractivity contribution in [2.75, 3.05) is 0 Å². The van der Waals surface area contributed by atoms with Gasteiger partial charge in [-0.15, -0.1) is 0 Å². The van der Waals surface area contributed by atoms with Crippen molar-refractivity contribution in [1.82, 2.24) is 10.1 Å². The number of benzene rings is 1. The van der Waals surface area contributed by atoms with E-state index in [2.05, 4.69) is 10.1 Å². The fraction of sp³-hybridized carbons (Fsp3) is 0.333. The molecule has 1 aromatic carbocycles. The first-order valence-electron chi connectivity index (χ1n) is 5.49. The van der Waals surface area contributed by atoms with Gasteiger partial charge in [0.15, 0.2) is 0 Å². The molecule has 0 radical (unpaired) electrons. The van der Waals surface area contributed by atoms with Crippen LogP contribution in [0.2, 0.25) is 0 Å². The summed E-state index contributed by atoms with van der Waals surface area (Å²) >= 11 is 0. The number of nitrogens with zero attached hydrogens (tertiary/aromatic N) is 2. The summed E-state index contributed by atoms with van der Waals surface area (Å²) in [5.74, 6) is 1.74. The summed E-state index contributed by atoms with van der Waals surface area (Å²) in [7, 11) is 0. The van der Waals surface area contributed by atoms with E-state index >= 15 is 0 Å². The molecular weight excluding hydrogens is 218 g/mol. The second-order valence-electron chi connectivity index (χ2n) is 3.91. The van der Waals surface area contributed by atoms with Crippen LogP contribution in [0.4, 0.5) is 0 Å². The van der Waals surface area contributed by atoms with Gasteiger partial charge in [0.05, 0.1) is 12.6 Å². The lowest BCUT2D eigenvalue weighted by Gasteiger charge is -2.09. The molecule has 2 N–H and O–H groups in total. The van der Waals surface area contributed by atoms with E-state index in [4.69, 9.17) is 15.0 Å². The molecule has 2 aromatic rings. The molecule has 5 heteroatoms. The topological polar surface area (TPSA) is 74.2 Å². The van der Waals surface area contributed by atoms with Gasteiger partial charge in [0.2, 0.25) is 11.7 Å². The highest BCUT2D eigenvalue weighted by atomic mass is 16.5. The van der Waals surface area contributed by atoms with E-state index in [-0.39, 0.29) is 12.6 Å². The van der Waals surface area contributed by atoms with Crippen molar-refractivity contribution in [3.8, 4) is 17.1 Å². The summed E-state index contributed by atoms with van der Waals surface area (Å²) in [5.41, 5.74) is 6.27. The molecule has 0 bridgehead atoms. The zero-order chi connectivity index (χ0) is 12.3. The van der Waals surface area contributed by atoms with Gasteiger partial charge in [-0.05, 0) is 26.0 Å². The van der Waals surface area contributed by atoms with Crippen LogP contribution in [-0.4, -0.2) is 16.2 Å². The first-order valence-corrected chi connectivity index (χ1v) is 5.49. The number of ether oxygens (including phenoxy) is 1. The largest absolute Gasteiger partial charge is 0.491 e. The molecule has 0 fully saturated rings. The Hall–Kier alpha value is -1.88. The molecule has 0 amide bonds. The third-order valence-electron chi connectivity index (χ3n) is 2.11. The lowest BCUT2D eigenvalue weighted by Crippen LogP contribution is -2.05. The predicted octanol–water partition coefficient (Wildman–Crippen LogP) is 1.98. The van der Waals surface area contributed by atoms with Crippen LogP contribution in [0, 0.1) is 0 Å². The number of hydrogen-bond acceptors (Lipinski definition) is 5. The van der Waals surface area contributed by atoms with Gasteiger partial charge in [0.25, 0.3) is 0 Å². The average molecular weight is 233 g/mol. The van der Waals surface area contributed by atoms with Crippen molar-refractivity contribution >= 4 is 0 Å². The Kier molecular flexibility index (Phi) is 3.39. The smallest absolute Gasteiger partial charge is 0.240 e. The average Bonchev–Trinajstić information content (AvgIpc) is 2.77. The van der Waals surface area contributed by atoms with Gasteiger partial charge >= 0.3 is 0 Å². The van der Waals surface area contributed by atoms with Crippen LogP contribution >= 0.6 is 0 Å². The zero-order valence-corrected chi connectivity index (χ0v) is 9.88. The Morgan fingerprint density at radius 1 is 1.41 bits per heavy atom. The second kappa shape index (κ2) is 4.97. The van der Waals surface area contributed by atoms with Crippen LogP contribution in [0.15, 0.2) is 28.8 Å². The third kappa shape index (κ3) is 2.82. The van der Waals surface area contributed by atoms with Crippen LogP contribution in [0.1, 0.15) is 19.7 Å². The van der Waals surface area contributed by atoms with Gasteiger partial charge in [-0.25, -0.2) is 0 Å². The number of hydrogen-bond donors (Lipinski definition) is 1. The first kappa shape index (κ1) is 11.6. The Bertz CT molecular complexity index is 494. The Morgan fingerprint density at radius 2 is 2.24 bits per heavy atom. The van der Waals surface area contributed by atoms with Gasteiger partial charge in [-0.1, -0.05) is 17.3 Å². The summed E-state index contributed by atoms with van der Waals surface area (Å²) in [5, 5.41) is 3.86. The zero-order valence-electron chi connectivity index (χ0n) is 9.88. The maximum Gasteiger partial charge on any atom is 0.240 e. The molecule has 0 aliphatic rings. The fourth-order valence-corrected chi connectivity index (χ4v) is 1.44. The van der Waals surface area contributed by atoms with E-state index in [1.165, 1.54) is 0 Å². The quantitative estimate of drug-likeness (QED) is 0.874. The molecule has 5 nitrogen and oxygen atoms in total. The summed E-state index contributed by atoms with van der Waals surface area (Å²) < 4.78 is 10.6. The second-order valence-corrected chi connectivity index (χ2v) is 3.91. The van der Waals surface area contributed by atoms with Crippen molar-refractivity contribution in [3.63, 3.8) is 0 Å². The lowest BCUT2D eigenvalue weighted by molar-refractivity contribution is 0.242.